The van der Waals surface area contributed by atoms with Gasteiger partial charge < -0.3 is 4.74 Å². The first-order chi connectivity index (χ1) is 18.9. The Labute approximate surface area is 227 Å². The van der Waals surface area contributed by atoms with Crippen molar-refractivity contribution in [1.29, 1.82) is 0 Å². The van der Waals surface area contributed by atoms with Crippen molar-refractivity contribution in [2.45, 2.75) is 31.7 Å². The Balaban J connectivity index is 1.23. The van der Waals surface area contributed by atoms with Crippen LogP contribution >= 0.6 is 11.3 Å². The summed E-state index contributed by atoms with van der Waals surface area (Å²) in [6.07, 6.45) is 7.97. The van der Waals surface area contributed by atoms with E-state index in [1.54, 1.807) is 30.5 Å². The van der Waals surface area contributed by atoms with Crippen LogP contribution in [0.2, 0.25) is 0 Å². The summed E-state index contributed by atoms with van der Waals surface area (Å²) in [6.45, 7) is -0.473. The van der Waals surface area contributed by atoms with Crippen molar-refractivity contribution >= 4 is 40.0 Å². The lowest BCUT2D eigenvalue weighted by atomic mass is 9.77. The minimum Gasteiger partial charge on any atom is -0.455 e. The van der Waals surface area contributed by atoms with Gasteiger partial charge in [-0.15, -0.1) is 11.3 Å². The Bertz CT molecular complexity index is 1560. The van der Waals surface area contributed by atoms with Gasteiger partial charge in [0.25, 0.3) is 5.91 Å². The molecule has 39 heavy (non-hydrogen) atoms. The topological polar surface area (TPSA) is 76.3 Å². The van der Waals surface area contributed by atoms with E-state index in [9.17, 15) is 18.4 Å². The van der Waals surface area contributed by atoms with Crippen LogP contribution < -0.4 is 0 Å². The number of ether oxygens (including phenoxy) is 1. The fourth-order valence-electron chi connectivity index (χ4n) is 5.23. The molecule has 0 bridgehead atoms. The van der Waals surface area contributed by atoms with E-state index in [1.165, 1.54) is 40.6 Å². The lowest BCUT2D eigenvalue weighted by Gasteiger charge is -2.29. The summed E-state index contributed by atoms with van der Waals surface area (Å²) in [5.41, 5.74) is 3.90. The van der Waals surface area contributed by atoms with Crippen LogP contribution in [0, 0.1) is 17.6 Å². The first-order valence-electron chi connectivity index (χ1n) is 12.6. The van der Waals surface area contributed by atoms with E-state index >= 15 is 0 Å². The second kappa shape index (κ2) is 10.5. The van der Waals surface area contributed by atoms with Crippen LogP contribution in [0.4, 0.5) is 8.78 Å². The SMILES string of the molecule is O=C(Cc1cn2ccsc2n1)OCC(=O)N1N=C2/C(=C\c3ccc(F)cc3)CCC[C@H]2[C@@H]1c1ccc(F)cc1. The molecule has 1 saturated carbocycles. The van der Waals surface area contributed by atoms with Gasteiger partial charge in [0.05, 0.1) is 23.9 Å². The zero-order chi connectivity index (χ0) is 26.9. The number of imidazole rings is 1. The number of amides is 1. The van der Waals surface area contributed by atoms with E-state index < -0.39 is 24.5 Å². The molecular formula is C29H24F2N4O3S. The fraction of sp³-hybridized carbons (Fsp3) is 0.241. The highest BCUT2D eigenvalue weighted by Gasteiger charge is 2.43. The first-order valence-corrected chi connectivity index (χ1v) is 13.5. The van der Waals surface area contributed by atoms with Crippen molar-refractivity contribution < 1.29 is 23.1 Å². The van der Waals surface area contributed by atoms with Gasteiger partial charge in [-0.1, -0.05) is 24.3 Å². The van der Waals surface area contributed by atoms with Gasteiger partial charge in [0.15, 0.2) is 11.6 Å². The van der Waals surface area contributed by atoms with Gasteiger partial charge >= 0.3 is 5.97 Å². The second-order valence-electron chi connectivity index (χ2n) is 9.60. The molecule has 0 unspecified atom stereocenters. The molecule has 1 fully saturated rings. The number of hydrogen-bond donors (Lipinski definition) is 0. The van der Waals surface area contributed by atoms with Crippen molar-refractivity contribution in [1.82, 2.24) is 14.4 Å². The molecule has 6 rings (SSSR count). The minimum atomic E-state index is -0.561. The molecule has 2 aliphatic rings. The molecule has 2 atom stereocenters. The van der Waals surface area contributed by atoms with Crippen molar-refractivity contribution in [2.75, 3.05) is 6.61 Å². The molecule has 0 N–H and O–H groups in total. The van der Waals surface area contributed by atoms with E-state index in [0.29, 0.717) is 5.69 Å². The Kier molecular flexibility index (Phi) is 6.78. The zero-order valence-corrected chi connectivity index (χ0v) is 21.6. The Morgan fingerprint density at radius 2 is 1.82 bits per heavy atom. The molecule has 7 nitrogen and oxygen atoms in total. The van der Waals surface area contributed by atoms with Crippen molar-refractivity contribution in [2.24, 2.45) is 11.0 Å². The second-order valence-corrected chi connectivity index (χ2v) is 10.5. The largest absolute Gasteiger partial charge is 0.455 e. The monoisotopic (exact) mass is 546 g/mol. The average molecular weight is 547 g/mol. The number of thiazole rings is 1. The third kappa shape index (κ3) is 5.24. The highest BCUT2D eigenvalue weighted by atomic mass is 32.1. The van der Waals surface area contributed by atoms with Crippen LogP contribution in [0.25, 0.3) is 11.0 Å². The zero-order valence-electron chi connectivity index (χ0n) is 20.8. The Morgan fingerprint density at radius 3 is 2.56 bits per heavy atom. The molecule has 4 aromatic rings. The lowest BCUT2D eigenvalue weighted by molar-refractivity contribution is -0.152. The predicted molar refractivity (Wildman–Crippen MR) is 143 cm³/mol. The summed E-state index contributed by atoms with van der Waals surface area (Å²) in [7, 11) is 0. The summed E-state index contributed by atoms with van der Waals surface area (Å²) in [4.78, 5) is 31.0. The molecule has 0 spiro atoms. The highest BCUT2D eigenvalue weighted by molar-refractivity contribution is 7.15. The van der Waals surface area contributed by atoms with Crippen molar-refractivity contribution in [3.8, 4) is 0 Å². The molecule has 10 heteroatoms. The van der Waals surface area contributed by atoms with E-state index in [4.69, 9.17) is 9.84 Å². The van der Waals surface area contributed by atoms with E-state index in [2.05, 4.69) is 4.98 Å². The van der Waals surface area contributed by atoms with Gasteiger partial charge in [0.2, 0.25) is 0 Å². The fourth-order valence-corrected chi connectivity index (χ4v) is 5.95. The molecule has 1 aliphatic heterocycles. The van der Waals surface area contributed by atoms with Crippen LogP contribution in [-0.4, -0.2) is 38.6 Å². The predicted octanol–water partition coefficient (Wildman–Crippen LogP) is 5.58. The number of halogens is 2. The summed E-state index contributed by atoms with van der Waals surface area (Å²) in [5.74, 6) is -1.81. The summed E-state index contributed by atoms with van der Waals surface area (Å²) >= 11 is 1.46. The molecule has 0 saturated heterocycles. The van der Waals surface area contributed by atoms with Gasteiger partial charge in [-0.05, 0) is 66.3 Å². The number of nitrogens with zero attached hydrogens (tertiary/aromatic N) is 4. The first kappa shape index (κ1) is 25.1. The van der Waals surface area contributed by atoms with Gasteiger partial charge in [0, 0.05) is 23.7 Å². The van der Waals surface area contributed by atoms with Crippen molar-refractivity contribution in [3.05, 3.63) is 100 Å². The summed E-state index contributed by atoms with van der Waals surface area (Å²) in [5, 5.41) is 8.00. The summed E-state index contributed by atoms with van der Waals surface area (Å²) < 4.78 is 34.3. The highest BCUT2D eigenvalue weighted by Crippen LogP contribution is 2.44. The van der Waals surface area contributed by atoms with Crippen LogP contribution in [0.3, 0.4) is 0 Å². The number of benzene rings is 2. The molecular weight excluding hydrogens is 522 g/mol. The third-order valence-electron chi connectivity index (χ3n) is 7.00. The average Bonchev–Trinajstić information content (AvgIpc) is 3.63. The van der Waals surface area contributed by atoms with E-state index in [1.807, 2.05) is 22.1 Å². The minimum absolute atomic E-state index is 0.0508. The molecule has 1 amide bonds. The maximum Gasteiger partial charge on any atom is 0.312 e. The Morgan fingerprint density at radius 1 is 1.08 bits per heavy atom. The number of fused-ring (bicyclic) bond motifs is 2. The maximum atomic E-state index is 13.7. The van der Waals surface area contributed by atoms with Gasteiger partial charge in [-0.3, -0.25) is 14.0 Å². The quantitative estimate of drug-likeness (QED) is 0.296. The third-order valence-corrected chi connectivity index (χ3v) is 7.78. The molecule has 3 heterocycles. The van der Waals surface area contributed by atoms with Gasteiger partial charge in [0.1, 0.15) is 11.6 Å². The normalized spacial score (nSPS) is 19.8. The molecule has 198 valence electrons. The standard InChI is InChI=1S/C29H24F2N4O3S/c30-21-8-4-18(5-9-21)14-20-2-1-3-24-27(20)33-35(28(24)19-6-10-22(31)11-7-19)25(36)17-38-26(37)15-23-16-34-12-13-39-29(34)32-23/h4-14,16,24,28H,1-3,15,17H2/b20-14-/t24-,28+/m1/s1. The van der Waals surface area contributed by atoms with Crippen LogP contribution in [0.5, 0.6) is 0 Å². The smallest absolute Gasteiger partial charge is 0.312 e. The van der Waals surface area contributed by atoms with Crippen LogP contribution in [0.1, 0.15) is 42.1 Å². The van der Waals surface area contributed by atoms with Crippen molar-refractivity contribution in [3.63, 3.8) is 0 Å². The van der Waals surface area contributed by atoms with Crippen LogP contribution in [-0.2, 0) is 20.7 Å². The number of hydrogen-bond acceptors (Lipinski definition) is 6. The summed E-state index contributed by atoms with van der Waals surface area (Å²) in [6, 6.07) is 11.8. The number of hydrazone groups is 1. The van der Waals surface area contributed by atoms with Gasteiger partial charge in [-0.2, -0.15) is 5.10 Å². The lowest BCUT2D eigenvalue weighted by Crippen LogP contribution is -2.34. The van der Waals surface area contributed by atoms with E-state index in [0.717, 1.165) is 46.6 Å². The number of aromatic nitrogens is 2. The molecule has 0 radical (unpaired) electrons. The van der Waals surface area contributed by atoms with Gasteiger partial charge in [-0.25, -0.2) is 18.8 Å². The number of rotatable bonds is 6. The molecule has 2 aromatic carbocycles. The number of allylic oxidation sites excluding steroid dienone is 1. The molecule has 2 aromatic heterocycles. The maximum absolute atomic E-state index is 13.7. The number of carbonyl (C=O) groups is 2. The van der Waals surface area contributed by atoms with Crippen LogP contribution in [0.15, 0.2) is 77.0 Å². The number of carbonyl (C=O) groups excluding carboxylic acids is 2. The number of esters is 1. The Hall–Kier alpha value is -4.18. The van der Waals surface area contributed by atoms with E-state index in [-0.39, 0.29) is 24.0 Å². The molecule has 1 aliphatic carbocycles.